The summed E-state index contributed by atoms with van der Waals surface area (Å²) >= 11 is 0. The van der Waals surface area contributed by atoms with Crippen LogP contribution in [0.25, 0.3) is 0 Å². The molecule has 6 heteroatoms. The fourth-order valence-electron chi connectivity index (χ4n) is 2.96. The van der Waals surface area contributed by atoms with Crippen molar-refractivity contribution in [3.8, 4) is 5.75 Å². The Kier molecular flexibility index (Phi) is 2.60. The molecule has 2 atom stereocenters. The fraction of sp³-hybridized carbons (Fsp3) is 0.462. The predicted octanol–water partition coefficient (Wildman–Crippen LogP) is 0.803. The summed E-state index contributed by atoms with van der Waals surface area (Å²) in [5.41, 5.74) is 0.791. The predicted molar refractivity (Wildman–Crippen MR) is 69.3 cm³/mol. The van der Waals surface area contributed by atoms with Gasteiger partial charge in [-0.05, 0) is 18.9 Å². The van der Waals surface area contributed by atoms with Crippen LogP contribution in [0.2, 0.25) is 0 Å². The van der Waals surface area contributed by atoms with Crippen molar-refractivity contribution < 1.29 is 17.9 Å². The summed E-state index contributed by atoms with van der Waals surface area (Å²) in [6, 6.07) is 7.66. The lowest BCUT2D eigenvalue weighted by Gasteiger charge is -2.26. The first-order valence-corrected chi connectivity index (χ1v) is 8.05. The number of amides is 1. The van der Waals surface area contributed by atoms with Gasteiger partial charge in [-0.3, -0.25) is 9.52 Å². The van der Waals surface area contributed by atoms with E-state index in [2.05, 4.69) is 4.72 Å². The molecule has 5 nitrogen and oxygen atoms in total. The number of fused-ring (bicyclic) bond motifs is 2. The van der Waals surface area contributed by atoms with E-state index >= 15 is 0 Å². The average molecular weight is 281 g/mol. The summed E-state index contributed by atoms with van der Waals surface area (Å²) in [5.74, 6) is 0.134. The van der Waals surface area contributed by atoms with Gasteiger partial charge in [0.2, 0.25) is 15.9 Å². The highest BCUT2D eigenvalue weighted by atomic mass is 32.2. The Morgan fingerprint density at radius 1 is 1.42 bits per heavy atom. The molecule has 1 spiro atoms. The third-order valence-corrected chi connectivity index (χ3v) is 4.48. The number of hydrogen-bond donors (Lipinski definition) is 1. The van der Waals surface area contributed by atoms with Crippen molar-refractivity contribution in [1.82, 2.24) is 4.72 Å². The molecule has 1 aliphatic heterocycles. The first kappa shape index (κ1) is 12.5. The lowest BCUT2D eigenvalue weighted by molar-refractivity contribution is -0.121. The Morgan fingerprint density at radius 3 is 2.89 bits per heavy atom. The molecule has 19 heavy (non-hydrogen) atoms. The zero-order valence-corrected chi connectivity index (χ0v) is 11.4. The molecule has 0 aromatic heterocycles. The molecule has 102 valence electrons. The van der Waals surface area contributed by atoms with Gasteiger partial charge >= 0.3 is 0 Å². The van der Waals surface area contributed by atoms with E-state index in [9.17, 15) is 13.2 Å². The van der Waals surface area contributed by atoms with E-state index in [0.717, 1.165) is 24.0 Å². The minimum absolute atomic E-state index is 0.233. The van der Waals surface area contributed by atoms with Crippen molar-refractivity contribution in [1.29, 1.82) is 0 Å². The molecular formula is C13H15NO4S. The average Bonchev–Trinajstić information content (AvgIpc) is 3.03. The van der Waals surface area contributed by atoms with Crippen molar-refractivity contribution >= 4 is 15.9 Å². The van der Waals surface area contributed by atoms with Crippen LogP contribution in [0, 0.1) is 5.92 Å². The Labute approximate surface area is 112 Å². The number of nitrogens with one attached hydrogen (secondary N) is 1. The number of ether oxygens (including phenoxy) is 1. The molecule has 0 saturated heterocycles. The monoisotopic (exact) mass is 281 g/mol. The normalized spacial score (nSPS) is 28.4. The molecule has 1 amide bonds. The largest absolute Gasteiger partial charge is 0.493 e. The number of sulfonamides is 1. The molecule has 1 fully saturated rings. The van der Waals surface area contributed by atoms with E-state index in [0.29, 0.717) is 13.0 Å². The van der Waals surface area contributed by atoms with Crippen molar-refractivity contribution in [2.45, 2.75) is 18.3 Å². The molecule has 0 radical (unpaired) electrons. The van der Waals surface area contributed by atoms with E-state index < -0.39 is 15.9 Å². The summed E-state index contributed by atoms with van der Waals surface area (Å²) in [4.78, 5) is 12.0. The van der Waals surface area contributed by atoms with Crippen LogP contribution in [-0.4, -0.2) is 27.2 Å². The molecule has 1 heterocycles. The fourth-order valence-corrected chi connectivity index (χ4v) is 3.47. The SMILES string of the molecule is CS(=O)(=O)NC(=O)C1CC12CCOc1ccccc12. The Balaban J connectivity index is 1.87. The highest BCUT2D eigenvalue weighted by Crippen LogP contribution is 2.60. The van der Waals surface area contributed by atoms with Gasteiger partial charge in [-0.25, -0.2) is 8.42 Å². The lowest BCUT2D eigenvalue weighted by atomic mass is 9.87. The maximum atomic E-state index is 12.0. The Morgan fingerprint density at radius 2 is 2.16 bits per heavy atom. The van der Waals surface area contributed by atoms with Crippen LogP contribution >= 0.6 is 0 Å². The molecule has 1 N–H and O–H groups in total. The number of benzene rings is 1. The molecule has 3 rings (SSSR count). The second-order valence-corrected chi connectivity index (χ2v) is 6.99. The number of carbonyl (C=O) groups is 1. The van der Waals surface area contributed by atoms with Crippen LogP contribution < -0.4 is 9.46 Å². The minimum atomic E-state index is -3.49. The minimum Gasteiger partial charge on any atom is -0.493 e. The smallest absolute Gasteiger partial charge is 0.237 e. The van der Waals surface area contributed by atoms with Crippen molar-refractivity contribution in [3.63, 3.8) is 0 Å². The van der Waals surface area contributed by atoms with Crippen LogP contribution in [0.15, 0.2) is 24.3 Å². The molecular weight excluding hydrogens is 266 g/mol. The summed E-state index contributed by atoms with van der Waals surface area (Å²) in [6.45, 7) is 0.569. The number of hydrogen-bond acceptors (Lipinski definition) is 4. The molecule has 1 aromatic rings. The lowest BCUT2D eigenvalue weighted by Crippen LogP contribution is -2.34. The number of para-hydroxylation sites is 1. The van der Waals surface area contributed by atoms with Gasteiger partial charge in [0.05, 0.1) is 12.9 Å². The van der Waals surface area contributed by atoms with E-state index in [4.69, 9.17) is 4.74 Å². The highest BCUT2D eigenvalue weighted by Gasteiger charge is 2.61. The highest BCUT2D eigenvalue weighted by molar-refractivity contribution is 7.89. The van der Waals surface area contributed by atoms with E-state index in [-0.39, 0.29) is 11.3 Å². The van der Waals surface area contributed by atoms with Gasteiger partial charge < -0.3 is 4.74 Å². The third kappa shape index (κ3) is 2.10. The first-order chi connectivity index (χ1) is 8.92. The van der Waals surface area contributed by atoms with E-state index in [1.54, 1.807) is 0 Å². The molecule has 1 saturated carbocycles. The van der Waals surface area contributed by atoms with Crippen LogP contribution in [0.5, 0.6) is 5.75 Å². The van der Waals surface area contributed by atoms with Crippen molar-refractivity contribution in [2.75, 3.05) is 12.9 Å². The second-order valence-electron chi connectivity index (χ2n) is 5.25. The van der Waals surface area contributed by atoms with Gasteiger partial charge in [-0.2, -0.15) is 0 Å². The summed E-state index contributed by atoms with van der Waals surface area (Å²) in [6.07, 6.45) is 2.44. The van der Waals surface area contributed by atoms with Crippen LogP contribution in [0.1, 0.15) is 18.4 Å². The number of rotatable bonds is 2. The zero-order valence-electron chi connectivity index (χ0n) is 10.5. The third-order valence-electron chi connectivity index (χ3n) is 3.91. The van der Waals surface area contributed by atoms with Gasteiger partial charge in [-0.15, -0.1) is 0 Å². The van der Waals surface area contributed by atoms with Gasteiger partial charge in [-0.1, -0.05) is 18.2 Å². The first-order valence-electron chi connectivity index (χ1n) is 6.16. The Bertz CT molecular complexity index is 640. The maximum absolute atomic E-state index is 12.0. The van der Waals surface area contributed by atoms with Crippen LogP contribution in [-0.2, 0) is 20.2 Å². The second kappa shape index (κ2) is 3.96. The Hall–Kier alpha value is -1.56. The molecule has 0 bridgehead atoms. The van der Waals surface area contributed by atoms with Crippen molar-refractivity contribution in [3.05, 3.63) is 29.8 Å². The molecule has 2 unspecified atom stereocenters. The molecule has 1 aliphatic carbocycles. The molecule has 2 aliphatic rings. The van der Waals surface area contributed by atoms with Crippen LogP contribution in [0.4, 0.5) is 0 Å². The van der Waals surface area contributed by atoms with Gasteiger partial charge in [0.1, 0.15) is 5.75 Å². The van der Waals surface area contributed by atoms with Gasteiger partial charge in [0, 0.05) is 16.9 Å². The quantitative estimate of drug-likeness (QED) is 0.870. The van der Waals surface area contributed by atoms with Crippen molar-refractivity contribution in [2.24, 2.45) is 5.92 Å². The zero-order chi connectivity index (χ0) is 13.7. The topological polar surface area (TPSA) is 72.5 Å². The van der Waals surface area contributed by atoms with E-state index in [1.807, 2.05) is 24.3 Å². The van der Waals surface area contributed by atoms with Gasteiger partial charge in [0.15, 0.2) is 0 Å². The maximum Gasteiger partial charge on any atom is 0.237 e. The summed E-state index contributed by atoms with van der Waals surface area (Å²) in [7, 11) is -3.49. The number of carbonyl (C=O) groups excluding carboxylic acids is 1. The van der Waals surface area contributed by atoms with Crippen LogP contribution in [0.3, 0.4) is 0 Å². The standard InChI is InChI=1S/C13H15NO4S/c1-19(16,17)14-12(15)10-8-13(10)6-7-18-11-5-3-2-4-9(11)13/h2-5,10H,6-8H2,1H3,(H,14,15). The molecule has 1 aromatic carbocycles. The van der Waals surface area contributed by atoms with Gasteiger partial charge in [0.25, 0.3) is 0 Å². The van der Waals surface area contributed by atoms with E-state index in [1.165, 1.54) is 0 Å². The summed E-state index contributed by atoms with van der Waals surface area (Å²) in [5, 5.41) is 0. The summed E-state index contributed by atoms with van der Waals surface area (Å²) < 4.78 is 29.9.